The maximum atomic E-state index is 13.7. The number of nitrogens with one attached hydrogen (secondary N) is 1. The Hall–Kier alpha value is -2.11. The number of rotatable bonds is 6. The van der Waals surface area contributed by atoms with Gasteiger partial charge >= 0.3 is 12.0 Å². The van der Waals surface area contributed by atoms with Gasteiger partial charge in [-0.25, -0.2) is 9.18 Å². The Kier molecular flexibility index (Phi) is 6.14. The van der Waals surface area contributed by atoms with Crippen molar-refractivity contribution in [2.45, 2.75) is 38.8 Å². The molecule has 1 rings (SSSR count). The van der Waals surface area contributed by atoms with Crippen LogP contribution < -0.4 is 5.32 Å². The first-order valence-electron chi connectivity index (χ1n) is 6.82. The summed E-state index contributed by atoms with van der Waals surface area (Å²) in [6.07, 6.45) is 0.344. The van der Waals surface area contributed by atoms with Gasteiger partial charge in [0.05, 0.1) is 6.04 Å². The van der Waals surface area contributed by atoms with Crippen LogP contribution in [0.5, 0.6) is 0 Å². The number of hydrogen-bond donors (Lipinski definition) is 2. The minimum absolute atomic E-state index is 0.00592. The van der Waals surface area contributed by atoms with Crippen molar-refractivity contribution in [2.24, 2.45) is 0 Å². The molecular weight excluding hydrogens is 275 g/mol. The van der Waals surface area contributed by atoms with E-state index in [4.69, 9.17) is 5.11 Å². The summed E-state index contributed by atoms with van der Waals surface area (Å²) in [6, 6.07) is 5.27. The van der Waals surface area contributed by atoms with Crippen LogP contribution >= 0.6 is 0 Å². The first kappa shape index (κ1) is 16.9. The van der Waals surface area contributed by atoms with E-state index < -0.39 is 12.0 Å². The fourth-order valence-corrected chi connectivity index (χ4v) is 1.92. The minimum Gasteiger partial charge on any atom is -0.481 e. The number of carboxylic acids is 1. The van der Waals surface area contributed by atoms with Crippen molar-refractivity contribution >= 4 is 12.0 Å². The number of aliphatic carboxylic acids is 1. The van der Waals surface area contributed by atoms with Gasteiger partial charge in [0, 0.05) is 25.1 Å². The molecule has 0 aliphatic carbocycles. The SMILES string of the molecule is CC(CCC(=O)O)NC(=O)N(C)C(C)c1ccccc1F. The van der Waals surface area contributed by atoms with E-state index in [2.05, 4.69) is 5.32 Å². The molecule has 0 aromatic heterocycles. The molecule has 116 valence electrons. The highest BCUT2D eigenvalue weighted by Crippen LogP contribution is 2.21. The first-order chi connectivity index (χ1) is 9.82. The Morgan fingerprint density at radius 1 is 1.33 bits per heavy atom. The van der Waals surface area contributed by atoms with Gasteiger partial charge in [0.15, 0.2) is 0 Å². The predicted octanol–water partition coefficient (Wildman–Crippen LogP) is 2.78. The topological polar surface area (TPSA) is 69.6 Å². The third-order valence-corrected chi connectivity index (χ3v) is 3.42. The predicted molar refractivity (Wildman–Crippen MR) is 77.4 cm³/mol. The van der Waals surface area contributed by atoms with E-state index in [-0.39, 0.29) is 24.3 Å². The van der Waals surface area contributed by atoms with Gasteiger partial charge in [-0.2, -0.15) is 0 Å². The molecule has 0 saturated heterocycles. The number of carbonyl (C=O) groups is 2. The standard InChI is InChI=1S/C15H21FN2O3/c1-10(8-9-14(19)20)17-15(21)18(3)11(2)12-6-4-5-7-13(12)16/h4-7,10-11H,8-9H2,1-3H3,(H,17,21)(H,19,20). The molecular formula is C15H21FN2O3. The van der Waals surface area contributed by atoms with Crippen molar-refractivity contribution in [1.82, 2.24) is 10.2 Å². The highest BCUT2D eigenvalue weighted by molar-refractivity contribution is 5.75. The van der Waals surface area contributed by atoms with Crippen molar-refractivity contribution in [3.8, 4) is 0 Å². The van der Waals surface area contributed by atoms with Gasteiger partial charge in [0.1, 0.15) is 5.82 Å². The van der Waals surface area contributed by atoms with Crippen LogP contribution in [0.25, 0.3) is 0 Å². The molecule has 5 nitrogen and oxygen atoms in total. The summed E-state index contributed by atoms with van der Waals surface area (Å²) in [5.74, 6) is -1.26. The van der Waals surface area contributed by atoms with Gasteiger partial charge in [-0.3, -0.25) is 4.79 Å². The van der Waals surface area contributed by atoms with Crippen LogP contribution in [-0.2, 0) is 4.79 Å². The molecule has 0 spiro atoms. The summed E-state index contributed by atoms with van der Waals surface area (Å²) < 4.78 is 13.7. The molecule has 1 aromatic carbocycles. The molecule has 0 fully saturated rings. The van der Waals surface area contributed by atoms with Crippen molar-refractivity contribution in [3.63, 3.8) is 0 Å². The Balaban J connectivity index is 2.61. The lowest BCUT2D eigenvalue weighted by Crippen LogP contribution is -2.43. The summed E-state index contributed by atoms with van der Waals surface area (Å²) in [4.78, 5) is 24.0. The average Bonchev–Trinajstić information content (AvgIpc) is 2.44. The van der Waals surface area contributed by atoms with Gasteiger partial charge in [-0.15, -0.1) is 0 Å². The number of hydrogen-bond acceptors (Lipinski definition) is 2. The Morgan fingerprint density at radius 2 is 1.95 bits per heavy atom. The van der Waals surface area contributed by atoms with E-state index >= 15 is 0 Å². The molecule has 0 heterocycles. The van der Waals surface area contributed by atoms with Crippen LogP contribution in [0.1, 0.15) is 38.3 Å². The van der Waals surface area contributed by atoms with Crippen molar-refractivity contribution in [3.05, 3.63) is 35.6 Å². The minimum atomic E-state index is -0.899. The third-order valence-electron chi connectivity index (χ3n) is 3.42. The molecule has 0 saturated carbocycles. The largest absolute Gasteiger partial charge is 0.481 e. The Labute approximate surface area is 123 Å². The number of halogens is 1. The lowest BCUT2D eigenvalue weighted by Gasteiger charge is -2.27. The fraction of sp³-hybridized carbons (Fsp3) is 0.467. The number of nitrogens with zero attached hydrogens (tertiary/aromatic N) is 1. The Bertz CT molecular complexity index is 507. The van der Waals surface area contributed by atoms with E-state index in [0.717, 1.165) is 0 Å². The smallest absolute Gasteiger partial charge is 0.317 e. The molecule has 21 heavy (non-hydrogen) atoms. The average molecular weight is 296 g/mol. The normalized spacial score (nSPS) is 13.3. The molecule has 1 aromatic rings. The molecule has 0 bridgehead atoms. The van der Waals surface area contributed by atoms with E-state index in [1.54, 1.807) is 39.1 Å². The fourth-order valence-electron chi connectivity index (χ4n) is 1.92. The Morgan fingerprint density at radius 3 is 2.52 bits per heavy atom. The van der Waals surface area contributed by atoms with Crippen LogP contribution in [0.4, 0.5) is 9.18 Å². The van der Waals surface area contributed by atoms with Gasteiger partial charge < -0.3 is 15.3 Å². The second-order valence-corrected chi connectivity index (χ2v) is 5.09. The maximum Gasteiger partial charge on any atom is 0.317 e. The van der Waals surface area contributed by atoms with Crippen LogP contribution in [0.15, 0.2) is 24.3 Å². The lowest BCUT2D eigenvalue weighted by atomic mass is 10.1. The summed E-state index contributed by atoms with van der Waals surface area (Å²) in [6.45, 7) is 3.47. The molecule has 0 aliphatic heterocycles. The lowest BCUT2D eigenvalue weighted by molar-refractivity contribution is -0.137. The van der Waals surface area contributed by atoms with Gasteiger partial charge in [-0.1, -0.05) is 18.2 Å². The van der Waals surface area contributed by atoms with E-state index in [1.165, 1.54) is 11.0 Å². The molecule has 0 aliphatic rings. The molecule has 2 N–H and O–H groups in total. The zero-order chi connectivity index (χ0) is 16.0. The summed E-state index contributed by atoms with van der Waals surface area (Å²) in [7, 11) is 1.58. The van der Waals surface area contributed by atoms with E-state index in [0.29, 0.717) is 12.0 Å². The molecule has 0 radical (unpaired) electrons. The summed E-state index contributed by atoms with van der Waals surface area (Å²) in [5.41, 5.74) is 0.438. The number of carboxylic acid groups (broad SMARTS) is 1. The monoisotopic (exact) mass is 296 g/mol. The third kappa shape index (κ3) is 5.06. The first-order valence-corrected chi connectivity index (χ1v) is 6.82. The van der Waals surface area contributed by atoms with Crippen LogP contribution in [0.2, 0.25) is 0 Å². The highest BCUT2D eigenvalue weighted by atomic mass is 19.1. The quantitative estimate of drug-likeness (QED) is 0.848. The zero-order valence-electron chi connectivity index (χ0n) is 12.5. The zero-order valence-corrected chi connectivity index (χ0v) is 12.5. The molecule has 2 unspecified atom stereocenters. The van der Waals surface area contributed by atoms with Gasteiger partial charge in [0.25, 0.3) is 0 Å². The highest BCUT2D eigenvalue weighted by Gasteiger charge is 2.21. The molecule has 2 amide bonds. The van der Waals surface area contributed by atoms with Crippen molar-refractivity contribution in [2.75, 3.05) is 7.05 Å². The van der Waals surface area contributed by atoms with Crippen LogP contribution in [-0.4, -0.2) is 35.1 Å². The molecule has 2 atom stereocenters. The van der Waals surface area contributed by atoms with E-state index in [9.17, 15) is 14.0 Å². The van der Waals surface area contributed by atoms with Gasteiger partial charge in [-0.05, 0) is 26.3 Å². The van der Waals surface area contributed by atoms with Gasteiger partial charge in [0.2, 0.25) is 0 Å². The second kappa shape index (κ2) is 7.61. The van der Waals surface area contributed by atoms with Crippen LogP contribution in [0.3, 0.4) is 0 Å². The molecule has 6 heteroatoms. The number of benzene rings is 1. The number of carbonyl (C=O) groups excluding carboxylic acids is 1. The number of urea groups is 1. The van der Waals surface area contributed by atoms with Crippen molar-refractivity contribution < 1.29 is 19.1 Å². The van der Waals surface area contributed by atoms with Crippen LogP contribution in [0, 0.1) is 5.82 Å². The number of amides is 2. The summed E-state index contributed by atoms with van der Waals surface area (Å²) in [5, 5.41) is 11.3. The van der Waals surface area contributed by atoms with E-state index in [1.807, 2.05) is 0 Å². The second-order valence-electron chi connectivity index (χ2n) is 5.09. The maximum absolute atomic E-state index is 13.7. The van der Waals surface area contributed by atoms with Crippen molar-refractivity contribution in [1.29, 1.82) is 0 Å². The summed E-state index contributed by atoms with van der Waals surface area (Å²) >= 11 is 0.